The van der Waals surface area contributed by atoms with Gasteiger partial charge in [-0.3, -0.25) is 4.79 Å². The summed E-state index contributed by atoms with van der Waals surface area (Å²) < 4.78 is 22.9. The van der Waals surface area contributed by atoms with Crippen LogP contribution in [0.3, 0.4) is 0 Å². The number of sulfone groups is 1. The Morgan fingerprint density at radius 2 is 1.80 bits per heavy atom. The average Bonchev–Trinajstić information content (AvgIpc) is 2.18. The predicted octanol–water partition coefficient (Wildman–Crippen LogP) is 1.60. The van der Waals surface area contributed by atoms with Crippen molar-refractivity contribution in [3.63, 3.8) is 0 Å². The van der Waals surface area contributed by atoms with E-state index in [1.807, 2.05) is 0 Å². The molecular weight excluding hydrogens is 216 g/mol. The van der Waals surface area contributed by atoms with Crippen LogP contribution in [0.4, 0.5) is 0 Å². The molecule has 0 heterocycles. The fourth-order valence-corrected chi connectivity index (χ4v) is 4.24. The second-order valence-corrected chi connectivity index (χ2v) is 6.89. The zero-order chi connectivity index (χ0) is 11.5. The van der Waals surface area contributed by atoms with Gasteiger partial charge in [0.25, 0.3) is 0 Å². The molecule has 0 spiro atoms. The van der Waals surface area contributed by atoms with E-state index < -0.39 is 20.6 Å². The number of hydrogen-bond acceptors (Lipinski definition) is 3. The topological polar surface area (TPSA) is 71.4 Å². The molecule has 1 saturated carbocycles. The number of aliphatic carboxylic acids is 1. The Morgan fingerprint density at radius 3 is 2.20 bits per heavy atom. The van der Waals surface area contributed by atoms with Crippen LogP contribution in [0.15, 0.2) is 0 Å². The van der Waals surface area contributed by atoms with Crippen LogP contribution >= 0.6 is 0 Å². The van der Waals surface area contributed by atoms with Crippen molar-refractivity contribution in [3.8, 4) is 0 Å². The minimum Gasteiger partial charge on any atom is -0.481 e. The van der Waals surface area contributed by atoms with Crippen molar-refractivity contribution in [1.29, 1.82) is 0 Å². The van der Waals surface area contributed by atoms with Crippen molar-refractivity contribution in [3.05, 3.63) is 0 Å². The summed E-state index contributed by atoms with van der Waals surface area (Å²) in [6.45, 7) is 1.59. The molecule has 0 aromatic rings. The molecule has 0 saturated heterocycles. The largest absolute Gasteiger partial charge is 0.481 e. The Bertz CT molecular complexity index is 325. The third kappa shape index (κ3) is 2.51. The van der Waals surface area contributed by atoms with E-state index >= 15 is 0 Å². The van der Waals surface area contributed by atoms with Gasteiger partial charge in [-0.25, -0.2) is 8.42 Å². The summed E-state index contributed by atoms with van der Waals surface area (Å²) in [6, 6.07) is 0. The van der Waals surface area contributed by atoms with Crippen molar-refractivity contribution >= 4 is 15.8 Å². The first-order chi connectivity index (χ1) is 6.93. The van der Waals surface area contributed by atoms with Crippen LogP contribution < -0.4 is 0 Å². The van der Waals surface area contributed by atoms with Crippen molar-refractivity contribution in [2.75, 3.05) is 5.75 Å². The summed E-state index contributed by atoms with van der Waals surface area (Å²) in [4.78, 5) is 10.8. The number of hydrogen-bond donors (Lipinski definition) is 1. The van der Waals surface area contributed by atoms with E-state index in [9.17, 15) is 13.2 Å². The Hall–Kier alpha value is -0.580. The van der Waals surface area contributed by atoms with Crippen LogP contribution in [-0.2, 0) is 14.6 Å². The summed E-state index contributed by atoms with van der Waals surface area (Å²) in [5, 5.41) is 8.83. The first-order valence-electron chi connectivity index (χ1n) is 5.38. The molecular formula is C10H18O4S. The molecule has 0 radical (unpaired) electrons. The van der Waals surface area contributed by atoms with Gasteiger partial charge in [-0.05, 0) is 12.8 Å². The van der Waals surface area contributed by atoms with Crippen LogP contribution in [0.2, 0.25) is 0 Å². The number of carboxylic acids is 1. The maximum Gasteiger partial charge on any atom is 0.304 e. The lowest BCUT2D eigenvalue weighted by Gasteiger charge is -2.35. The van der Waals surface area contributed by atoms with Gasteiger partial charge in [0, 0.05) is 5.75 Å². The first-order valence-corrected chi connectivity index (χ1v) is 7.03. The zero-order valence-electron chi connectivity index (χ0n) is 9.03. The second kappa shape index (κ2) is 4.51. The van der Waals surface area contributed by atoms with E-state index in [4.69, 9.17) is 5.11 Å². The van der Waals surface area contributed by atoms with Gasteiger partial charge in [0.2, 0.25) is 0 Å². The smallest absolute Gasteiger partial charge is 0.304 e. The molecule has 1 fully saturated rings. The number of carboxylic acid groups (broad SMARTS) is 1. The van der Waals surface area contributed by atoms with Gasteiger partial charge < -0.3 is 5.11 Å². The highest BCUT2D eigenvalue weighted by molar-refractivity contribution is 7.92. The summed E-state index contributed by atoms with van der Waals surface area (Å²) in [6.07, 6.45) is 3.45. The Kier molecular flexibility index (Phi) is 3.76. The van der Waals surface area contributed by atoms with Gasteiger partial charge >= 0.3 is 5.97 Å². The van der Waals surface area contributed by atoms with Crippen molar-refractivity contribution in [1.82, 2.24) is 0 Å². The van der Waals surface area contributed by atoms with Crippen LogP contribution in [0.25, 0.3) is 0 Å². The Morgan fingerprint density at radius 1 is 1.27 bits per heavy atom. The van der Waals surface area contributed by atoms with Crippen LogP contribution in [0.1, 0.15) is 45.4 Å². The SMILES string of the molecule is CCS(=O)(=O)C1(CC(=O)O)CCCCC1. The lowest BCUT2D eigenvalue weighted by atomic mass is 9.86. The fraction of sp³-hybridized carbons (Fsp3) is 0.900. The molecule has 1 N–H and O–H groups in total. The monoisotopic (exact) mass is 234 g/mol. The van der Waals surface area contributed by atoms with Gasteiger partial charge in [0.15, 0.2) is 9.84 Å². The molecule has 1 aliphatic rings. The second-order valence-electron chi connectivity index (χ2n) is 4.22. The van der Waals surface area contributed by atoms with Crippen LogP contribution in [-0.4, -0.2) is 30.0 Å². The van der Waals surface area contributed by atoms with Crippen molar-refractivity contribution < 1.29 is 18.3 Å². The van der Waals surface area contributed by atoms with E-state index in [1.165, 1.54) is 0 Å². The molecule has 1 aliphatic carbocycles. The van der Waals surface area contributed by atoms with E-state index in [1.54, 1.807) is 6.92 Å². The van der Waals surface area contributed by atoms with E-state index in [-0.39, 0.29) is 12.2 Å². The summed E-state index contributed by atoms with van der Waals surface area (Å²) in [5.74, 6) is -0.964. The van der Waals surface area contributed by atoms with Crippen LogP contribution in [0, 0.1) is 0 Å². The minimum atomic E-state index is -3.26. The summed E-state index contributed by atoms with van der Waals surface area (Å²) in [7, 11) is -3.26. The number of rotatable bonds is 4. The van der Waals surface area contributed by atoms with E-state index in [0.717, 1.165) is 19.3 Å². The van der Waals surface area contributed by atoms with Crippen LogP contribution in [0.5, 0.6) is 0 Å². The fourth-order valence-electron chi connectivity index (χ4n) is 2.38. The molecule has 4 nitrogen and oxygen atoms in total. The van der Waals surface area contributed by atoms with Crippen molar-refractivity contribution in [2.24, 2.45) is 0 Å². The van der Waals surface area contributed by atoms with E-state index in [2.05, 4.69) is 0 Å². The third-order valence-electron chi connectivity index (χ3n) is 3.28. The molecule has 0 aromatic heterocycles. The van der Waals surface area contributed by atoms with Crippen molar-refractivity contribution in [2.45, 2.75) is 50.2 Å². The maximum absolute atomic E-state index is 11.9. The molecule has 0 aromatic carbocycles. The van der Waals surface area contributed by atoms with Gasteiger partial charge in [-0.15, -0.1) is 0 Å². The third-order valence-corrected chi connectivity index (χ3v) is 5.91. The normalized spacial score (nSPS) is 21.1. The zero-order valence-corrected chi connectivity index (χ0v) is 9.85. The molecule has 0 unspecified atom stereocenters. The molecule has 1 rings (SSSR count). The standard InChI is InChI=1S/C10H18O4S/c1-2-15(13,14)10(8-9(11)12)6-4-3-5-7-10/h2-8H2,1H3,(H,11,12). The lowest BCUT2D eigenvalue weighted by molar-refractivity contribution is -0.137. The predicted molar refractivity (Wildman–Crippen MR) is 57.5 cm³/mol. The maximum atomic E-state index is 11.9. The lowest BCUT2D eigenvalue weighted by Crippen LogP contribution is -2.43. The average molecular weight is 234 g/mol. The van der Waals surface area contributed by atoms with Gasteiger partial charge in [-0.1, -0.05) is 26.2 Å². The molecule has 0 atom stereocenters. The van der Waals surface area contributed by atoms with Gasteiger partial charge in [-0.2, -0.15) is 0 Å². The molecule has 0 amide bonds. The van der Waals surface area contributed by atoms with Gasteiger partial charge in [0.05, 0.1) is 11.2 Å². The highest BCUT2D eigenvalue weighted by Crippen LogP contribution is 2.38. The number of carbonyl (C=O) groups is 1. The molecule has 5 heteroatoms. The molecule has 0 bridgehead atoms. The molecule has 0 aliphatic heterocycles. The summed E-state index contributed by atoms with van der Waals surface area (Å²) >= 11 is 0. The highest BCUT2D eigenvalue weighted by atomic mass is 32.2. The Balaban J connectivity index is 3.00. The Labute approximate surface area is 90.6 Å². The minimum absolute atomic E-state index is 0.0419. The quantitative estimate of drug-likeness (QED) is 0.802. The highest BCUT2D eigenvalue weighted by Gasteiger charge is 2.44. The first kappa shape index (κ1) is 12.5. The molecule has 15 heavy (non-hydrogen) atoms. The van der Waals surface area contributed by atoms with Gasteiger partial charge in [0.1, 0.15) is 0 Å². The van der Waals surface area contributed by atoms with E-state index in [0.29, 0.717) is 12.8 Å². The summed E-state index contributed by atoms with van der Waals surface area (Å²) in [5.41, 5.74) is 0. The molecule has 88 valence electrons.